The summed E-state index contributed by atoms with van der Waals surface area (Å²) in [5, 5.41) is 11.8. The molecule has 20 heavy (non-hydrogen) atoms. The van der Waals surface area contributed by atoms with Crippen molar-refractivity contribution in [3.8, 4) is 0 Å². The number of amides is 2. The molecule has 0 unspecified atom stereocenters. The molecule has 0 atom stereocenters. The molecule has 0 saturated heterocycles. The molecule has 0 aliphatic heterocycles. The van der Waals surface area contributed by atoms with Crippen molar-refractivity contribution >= 4 is 27.9 Å². The van der Waals surface area contributed by atoms with Gasteiger partial charge in [-0.3, -0.25) is 0 Å². The largest absolute Gasteiger partial charge is 0.480 e. The minimum absolute atomic E-state index is 0.355. The average molecular weight is 341 g/mol. The van der Waals surface area contributed by atoms with Crippen LogP contribution in [0, 0.1) is 0 Å². The summed E-state index contributed by atoms with van der Waals surface area (Å²) >= 11 is 3.38. The van der Waals surface area contributed by atoms with E-state index in [0.717, 1.165) is 16.5 Å². The summed E-state index contributed by atoms with van der Waals surface area (Å²) in [6, 6.07) is 7.31. The standard InChI is InChI=1S/C14H17BrN2O3/c1-17(9-10-4-2-5-11(15)8-10)13(20)16-14(12(18)19)6-3-7-14/h2,4-5,8H,3,6-7,9H2,1H3,(H,16,20)(H,18,19). The highest BCUT2D eigenvalue weighted by molar-refractivity contribution is 9.10. The molecule has 0 bridgehead atoms. The highest BCUT2D eigenvalue weighted by Gasteiger charge is 2.46. The predicted molar refractivity (Wildman–Crippen MR) is 78.4 cm³/mol. The Kier molecular flexibility index (Phi) is 4.32. The maximum atomic E-state index is 12.1. The van der Waals surface area contributed by atoms with Crippen molar-refractivity contribution in [2.75, 3.05) is 7.05 Å². The molecule has 1 aliphatic rings. The van der Waals surface area contributed by atoms with Gasteiger partial charge in [0.1, 0.15) is 5.54 Å². The summed E-state index contributed by atoms with van der Waals surface area (Å²) < 4.78 is 0.949. The Bertz CT molecular complexity index is 529. The van der Waals surface area contributed by atoms with Crippen LogP contribution in [0.2, 0.25) is 0 Å². The molecular weight excluding hydrogens is 324 g/mol. The van der Waals surface area contributed by atoms with Gasteiger partial charge in [0.2, 0.25) is 0 Å². The van der Waals surface area contributed by atoms with Crippen molar-refractivity contribution in [3.05, 3.63) is 34.3 Å². The lowest BCUT2D eigenvalue weighted by Crippen LogP contribution is -2.61. The molecule has 1 aromatic carbocycles. The van der Waals surface area contributed by atoms with Crippen molar-refractivity contribution < 1.29 is 14.7 Å². The van der Waals surface area contributed by atoms with E-state index in [1.54, 1.807) is 7.05 Å². The number of nitrogens with one attached hydrogen (secondary N) is 1. The number of nitrogens with zero attached hydrogens (tertiary/aromatic N) is 1. The Morgan fingerprint density at radius 3 is 2.65 bits per heavy atom. The van der Waals surface area contributed by atoms with Crippen LogP contribution < -0.4 is 5.32 Å². The van der Waals surface area contributed by atoms with Gasteiger partial charge in [-0.05, 0) is 37.0 Å². The quantitative estimate of drug-likeness (QED) is 0.884. The van der Waals surface area contributed by atoms with E-state index in [0.29, 0.717) is 19.4 Å². The van der Waals surface area contributed by atoms with Gasteiger partial charge in [0.05, 0.1) is 0 Å². The molecule has 0 radical (unpaired) electrons. The fourth-order valence-electron chi connectivity index (χ4n) is 2.20. The zero-order valence-corrected chi connectivity index (χ0v) is 12.8. The highest BCUT2D eigenvalue weighted by atomic mass is 79.9. The molecular formula is C14H17BrN2O3. The maximum absolute atomic E-state index is 12.1. The van der Waals surface area contributed by atoms with Crippen molar-refractivity contribution in [3.63, 3.8) is 0 Å². The zero-order valence-electron chi connectivity index (χ0n) is 11.2. The van der Waals surface area contributed by atoms with E-state index in [1.807, 2.05) is 24.3 Å². The first kappa shape index (κ1) is 14.8. The average Bonchev–Trinajstić information content (AvgIpc) is 2.32. The van der Waals surface area contributed by atoms with E-state index in [2.05, 4.69) is 21.2 Å². The molecule has 0 aromatic heterocycles. The predicted octanol–water partition coefficient (Wildman–Crippen LogP) is 2.60. The van der Waals surface area contributed by atoms with Crippen molar-refractivity contribution in [1.29, 1.82) is 0 Å². The topological polar surface area (TPSA) is 69.6 Å². The Labute approximate surface area is 126 Å². The van der Waals surface area contributed by atoms with Crippen LogP contribution in [0.25, 0.3) is 0 Å². The lowest BCUT2D eigenvalue weighted by atomic mass is 9.77. The minimum atomic E-state index is -1.07. The number of urea groups is 1. The molecule has 1 fully saturated rings. The number of hydrogen-bond donors (Lipinski definition) is 2. The second-order valence-corrected chi connectivity index (χ2v) is 6.07. The number of aliphatic carboxylic acids is 1. The van der Waals surface area contributed by atoms with Gasteiger partial charge in [-0.25, -0.2) is 9.59 Å². The molecule has 2 N–H and O–H groups in total. The van der Waals surface area contributed by atoms with Crippen LogP contribution in [0.4, 0.5) is 4.79 Å². The lowest BCUT2D eigenvalue weighted by Gasteiger charge is -2.39. The maximum Gasteiger partial charge on any atom is 0.329 e. The van der Waals surface area contributed by atoms with Crippen LogP contribution in [0.15, 0.2) is 28.7 Å². The first-order chi connectivity index (χ1) is 9.43. The summed E-state index contributed by atoms with van der Waals surface area (Å²) in [6.45, 7) is 0.432. The normalized spacial score (nSPS) is 16.1. The summed E-state index contributed by atoms with van der Waals surface area (Å²) in [5.74, 6) is -0.951. The second-order valence-electron chi connectivity index (χ2n) is 5.16. The van der Waals surface area contributed by atoms with Crippen LogP contribution in [0.1, 0.15) is 24.8 Å². The number of hydrogen-bond acceptors (Lipinski definition) is 2. The Balaban J connectivity index is 1.97. The van der Waals surface area contributed by atoms with E-state index >= 15 is 0 Å². The van der Waals surface area contributed by atoms with Crippen molar-refractivity contribution in [1.82, 2.24) is 10.2 Å². The molecule has 2 amide bonds. The van der Waals surface area contributed by atoms with Gasteiger partial charge in [-0.2, -0.15) is 0 Å². The molecule has 5 nitrogen and oxygen atoms in total. The van der Waals surface area contributed by atoms with Gasteiger partial charge in [-0.1, -0.05) is 28.1 Å². The molecule has 0 spiro atoms. The summed E-state index contributed by atoms with van der Waals surface area (Å²) in [4.78, 5) is 24.8. The first-order valence-corrected chi connectivity index (χ1v) is 7.23. The van der Waals surface area contributed by atoms with Gasteiger partial charge < -0.3 is 15.3 Å². The lowest BCUT2D eigenvalue weighted by molar-refractivity contribution is -0.148. The van der Waals surface area contributed by atoms with Gasteiger partial charge in [0, 0.05) is 18.1 Å². The van der Waals surface area contributed by atoms with Crippen molar-refractivity contribution in [2.24, 2.45) is 0 Å². The summed E-state index contributed by atoms with van der Waals surface area (Å²) in [7, 11) is 1.66. The van der Waals surface area contributed by atoms with Crippen LogP contribution in [0.5, 0.6) is 0 Å². The molecule has 6 heteroatoms. The molecule has 108 valence electrons. The van der Waals surface area contributed by atoms with Crippen molar-refractivity contribution in [2.45, 2.75) is 31.3 Å². The molecule has 2 rings (SSSR count). The first-order valence-electron chi connectivity index (χ1n) is 6.44. The summed E-state index contributed by atoms with van der Waals surface area (Å²) in [6.07, 6.45) is 1.83. The van der Waals surface area contributed by atoms with Gasteiger partial charge in [0.25, 0.3) is 0 Å². The number of rotatable bonds is 4. The monoisotopic (exact) mass is 340 g/mol. The van der Waals surface area contributed by atoms with E-state index < -0.39 is 11.5 Å². The Hall–Kier alpha value is -1.56. The van der Waals surface area contributed by atoms with Crippen LogP contribution in [-0.4, -0.2) is 34.6 Å². The molecule has 1 aliphatic carbocycles. The Morgan fingerprint density at radius 2 is 2.15 bits per heavy atom. The van der Waals surface area contributed by atoms with E-state index in [1.165, 1.54) is 4.90 Å². The van der Waals surface area contributed by atoms with Crippen LogP contribution in [0.3, 0.4) is 0 Å². The van der Waals surface area contributed by atoms with Crippen LogP contribution in [-0.2, 0) is 11.3 Å². The van der Waals surface area contributed by atoms with E-state index in [4.69, 9.17) is 0 Å². The molecule has 0 heterocycles. The van der Waals surface area contributed by atoms with E-state index in [9.17, 15) is 14.7 Å². The fraction of sp³-hybridized carbons (Fsp3) is 0.429. The fourth-order valence-corrected chi connectivity index (χ4v) is 2.65. The highest BCUT2D eigenvalue weighted by Crippen LogP contribution is 2.32. The van der Waals surface area contributed by atoms with E-state index in [-0.39, 0.29) is 6.03 Å². The number of carbonyl (C=O) groups excluding carboxylic acids is 1. The smallest absolute Gasteiger partial charge is 0.329 e. The number of carboxylic acids is 1. The van der Waals surface area contributed by atoms with Gasteiger partial charge in [0.15, 0.2) is 0 Å². The molecule has 1 aromatic rings. The third-order valence-corrected chi connectivity index (χ3v) is 4.11. The molecule has 1 saturated carbocycles. The third kappa shape index (κ3) is 3.12. The zero-order chi connectivity index (χ0) is 14.8. The summed E-state index contributed by atoms with van der Waals surface area (Å²) in [5.41, 5.74) is -0.0854. The van der Waals surface area contributed by atoms with Gasteiger partial charge in [-0.15, -0.1) is 0 Å². The number of carbonyl (C=O) groups is 2. The minimum Gasteiger partial charge on any atom is -0.480 e. The number of carboxylic acid groups (broad SMARTS) is 1. The second kappa shape index (κ2) is 5.83. The SMILES string of the molecule is CN(Cc1cccc(Br)c1)C(=O)NC1(C(=O)O)CCC1. The van der Waals surface area contributed by atoms with Crippen LogP contribution >= 0.6 is 15.9 Å². The third-order valence-electron chi connectivity index (χ3n) is 3.62. The Morgan fingerprint density at radius 1 is 1.45 bits per heavy atom. The number of halogens is 1. The number of benzene rings is 1. The van der Waals surface area contributed by atoms with Gasteiger partial charge >= 0.3 is 12.0 Å².